The molecule has 1 atom stereocenters. The number of carbonyl (C=O) groups is 2. The maximum atomic E-state index is 12.4. The van der Waals surface area contributed by atoms with Gasteiger partial charge in [0.1, 0.15) is 0 Å². The highest BCUT2D eigenvalue weighted by molar-refractivity contribution is 6.21. The number of imide groups is 1. The summed E-state index contributed by atoms with van der Waals surface area (Å²) in [4.78, 5) is 28.5. The van der Waals surface area contributed by atoms with Crippen LogP contribution in [0.5, 0.6) is 0 Å². The molecule has 0 bridgehead atoms. The minimum Gasteiger partial charge on any atom is -0.314 e. The SMILES string of the molecule is CCCC1CNCCN1CCN1C(=O)c2ccccc2C1=O.Cl. The summed E-state index contributed by atoms with van der Waals surface area (Å²) in [6.07, 6.45) is 2.30. The summed E-state index contributed by atoms with van der Waals surface area (Å²) in [6.45, 7) is 6.38. The molecule has 5 nitrogen and oxygen atoms in total. The van der Waals surface area contributed by atoms with E-state index in [1.54, 1.807) is 24.3 Å². The van der Waals surface area contributed by atoms with Crippen LogP contribution in [0.25, 0.3) is 0 Å². The normalized spacial score (nSPS) is 21.3. The van der Waals surface area contributed by atoms with Crippen LogP contribution in [-0.2, 0) is 0 Å². The molecule has 0 radical (unpaired) electrons. The molecule has 126 valence electrons. The minimum absolute atomic E-state index is 0. The molecule has 1 fully saturated rings. The highest BCUT2D eigenvalue weighted by Gasteiger charge is 2.35. The number of amides is 2. The molecule has 1 unspecified atom stereocenters. The van der Waals surface area contributed by atoms with Crippen molar-refractivity contribution in [3.8, 4) is 0 Å². The second-order valence-electron chi connectivity index (χ2n) is 5.99. The van der Waals surface area contributed by atoms with Gasteiger partial charge in [0.25, 0.3) is 11.8 Å². The van der Waals surface area contributed by atoms with Crippen molar-refractivity contribution in [3.05, 3.63) is 35.4 Å². The molecule has 0 saturated carbocycles. The van der Waals surface area contributed by atoms with Gasteiger partial charge in [-0.25, -0.2) is 0 Å². The van der Waals surface area contributed by atoms with Gasteiger partial charge in [0.2, 0.25) is 0 Å². The average Bonchev–Trinajstić information content (AvgIpc) is 2.79. The third-order valence-electron chi connectivity index (χ3n) is 4.58. The van der Waals surface area contributed by atoms with Crippen LogP contribution in [0.3, 0.4) is 0 Å². The second-order valence-corrected chi connectivity index (χ2v) is 5.99. The van der Waals surface area contributed by atoms with Crippen molar-refractivity contribution in [2.45, 2.75) is 25.8 Å². The van der Waals surface area contributed by atoms with E-state index in [4.69, 9.17) is 0 Å². The first-order valence-corrected chi connectivity index (χ1v) is 8.12. The summed E-state index contributed by atoms with van der Waals surface area (Å²) < 4.78 is 0. The van der Waals surface area contributed by atoms with Crippen LogP contribution < -0.4 is 5.32 Å². The number of benzene rings is 1. The first-order valence-electron chi connectivity index (χ1n) is 8.12. The standard InChI is InChI=1S/C17H23N3O2.ClH/c1-2-5-13-12-18-8-9-19(13)10-11-20-16(21)14-6-3-4-7-15(14)17(20)22;/h3-4,6-7,13,18H,2,5,8-12H2,1H3;1H. The van der Waals surface area contributed by atoms with Gasteiger partial charge >= 0.3 is 0 Å². The highest BCUT2D eigenvalue weighted by Crippen LogP contribution is 2.22. The second kappa shape index (κ2) is 7.90. The first-order chi connectivity index (χ1) is 10.7. The molecule has 1 aromatic carbocycles. The zero-order valence-electron chi connectivity index (χ0n) is 13.5. The number of halogens is 1. The lowest BCUT2D eigenvalue weighted by Gasteiger charge is -2.36. The molecule has 1 N–H and O–H groups in total. The number of hydrogen-bond acceptors (Lipinski definition) is 4. The van der Waals surface area contributed by atoms with Crippen molar-refractivity contribution in [2.24, 2.45) is 0 Å². The minimum atomic E-state index is -0.150. The molecule has 0 aliphatic carbocycles. The molecule has 0 aromatic heterocycles. The van der Waals surface area contributed by atoms with Gasteiger partial charge in [0.05, 0.1) is 11.1 Å². The fourth-order valence-corrected chi connectivity index (χ4v) is 3.39. The molecule has 1 saturated heterocycles. The van der Waals surface area contributed by atoms with E-state index in [0.717, 1.165) is 39.0 Å². The number of hydrogen-bond donors (Lipinski definition) is 1. The Balaban J connectivity index is 0.00000192. The van der Waals surface area contributed by atoms with Crippen molar-refractivity contribution in [3.63, 3.8) is 0 Å². The maximum absolute atomic E-state index is 12.4. The Morgan fingerprint density at radius 2 is 1.78 bits per heavy atom. The van der Waals surface area contributed by atoms with Crippen LogP contribution >= 0.6 is 12.4 Å². The largest absolute Gasteiger partial charge is 0.314 e. The Morgan fingerprint density at radius 1 is 1.13 bits per heavy atom. The van der Waals surface area contributed by atoms with Crippen LogP contribution in [0.1, 0.15) is 40.5 Å². The monoisotopic (exact) mass is 337 g/mol. The lowest BCUT2D eigenvalue weighted by Crippen LogP contribution is -2.53. The van der Waals surface area contributed by atoms with Crippen LogP contribution in [0.15, 0.2) is 24.3 Å². The number of fused-ring (bicyclic) bond motifs is 1. The zero-order valence-corrected chi connectivity index (χ0v) is 14.3. The number of rotatable bonds is 5. The number of carbonyl (C=O) groups excluding carboxylic acids is 2. The number of piperazine rings is 1. The van der Waals surface area contributed by atoms with Gasteiger partial charge in [-0.15, -0.1) is 12.4 Å². The molecule has 2 aliphatic rings. The average molecular weight is 338 g/mol. The third-order valence-corrected chi connectivity index (χ3v) is 4.58. The van der Waals surface area contributed by atoms with Crippen LogP contribution in [0, 0.1) is 0 Å². The molecule has 0 spiro atoms. The fourth-order valence-electron chi connectivity index (χ4n) is 3.39. The number of nitrogens with one attached hydrogen (secondary N) is 1. The van der Waals surface area contributed by atoms with Crippen molar-refractivity contribution >= 4 is 24.2 Å². The quantitative estimate of drug-likeness (QED) is 0.832. The van der Waals surface area contributed by atoms with E-state index in [1.165, 1.54) is 4.90 Å². The Labute approximate surface area is 143 Å². The first kappa shape index (κ1) is 17.9. The van der Waals surface area contributed by atoms with Gasteiger partial charge < -0.3 is 5.32 Å². The Bertz CT molecular complexity index is 542. The molecular formula is C17H24ClN3O2. The fraction of sp³-hybridized carbons (Fsp3) is 0.529. The van der Waals surface area contributed by atoms with Gasteiger partial charge in [0.15, 0.2) is 0 Å². The predicted molar refractivity (Wildman–Crippen MR) is 92.2 cm³/mol. The van der Waals surface area contributed by atoms with Crippen molar-refractivity contribution in [1.82, 2.24) is 15.1 Å². The van der Waals surface area contributed by atoms with Gasteiger partial charge in [0, 0.05) is 38.8 Å². The van der Waals surface area contributed by atoms with E-state index in [1.807, 2.05) is 0 Å². The Hall–Kier alpha value is -1.43. The van der Waals surface area contributed by atoms with E-state index in [9.17, 15) is 9.59 Å². The van der Waals surface area contributed by atoms with E-state index in [-0.39, 0.29) is 24.2 Å². The maximum Gasteiger partial charge on any atom is 0.261 e. The molecule has 1 aromatic rings. The van der Waals surface area contributed by atoms with Gasteiger partial charge in [-0.3, -0.25) is 19.4 Å². The van der Waals surface area contributed by atoms with Gasteiger partial charge in [-0.1, -0.05) is 25.5 Å². The summed E-state index contributed by atoms with van der Waals surface area (Å²) in [5.74, 6) is -0.300. The molecule has 3 rings (SSSR count). The van der Waals surface area contributed by atoms with Crippen LogP contribution in [0.2, 0.25) is 0 Å². The lowest BCUT2D eigenvalue weighted by atomic mass is 10.1. The smallest absolute Gasteiger partial charge is 0.261 e. The topological polar surface area (TPSA) is 52.6 Å². The van der Waals surface area contributed by atoms with E-state index in [2.05, 4.69) is 17.1 Å². The van der Waals surface area contributed by atoms with Crippen molar-refractivity contribution < 1.29 is 9.59 Å². The molecular weight excluding hydrogens is 314 g/mol. The lowest BCUT2D eigenvalue weighted by molar-refractivity contribution is 0.0611. The summed E-state index contributed by atoms with van der Waals surface area (Å²) in [6, 6.07) is 7.59. The predicted octanol–water partition coefficient (Wildman–Crippen LogP) is 1.78. The summed E-state index contributed by atoms with van der Waals surface area (Å²) in [5, 5.41) is 3.42. The van der Waals surface area contributed by atoms with Gasteiger partial charge in [-0.2, -0.15) is 0 Å². The Morgan fingerprint density at radius 3 is 2.39 bits per heavy atom. The molecule has 2 amide bonds. The molecule has 6 heteroatoms. The van der Waals surface area contributed by atoms with Crippen molar-refractivity contribution in [1.29, 1.82) is 0 Å². The van der Waals surface area contributed by atoms with E-state index >= 15 is 0 Å². The number of nitrogens with zero attached hydrogens (tertiary/aromatic N) is 2. The van der Waals surface area contributed by atoms with Crippen molar-refractivity contribution in [2.75, 3.05) is 32.7 Å². The van der Waals surface area contributed by atoms with Crippen LogP contribution in [-0.4, -0.2) is 60.4 Å². The molecule has 2 heterocycles. The highest BCUT2D eigenvalue weighted by atomic mass is 35.5. The van der Waals surface area contributed by atoms with Crippen LogP contribution in [0.4, 0.5) is 0 Å². The third kappa shape index (κ3) is 3.57. The molecule has 23 heavy (non-hydrogen) atoms. The van der Waals surface area contributed by atoms with Gasteiger partial charge in [-0.05, 0) is 18.6 Å². The van der Waals surface area contributed by atoms with E-state index in [0.29, 0.717) is 23.7 Å². The zero-order chi connectivity index (χ0) is 15.5. The summed E-state index contributed by atoms with van der Waals surface area (Å²) in [7, 11) is 0. The summed E-state index contributed by atoms with van der Waals surface area (Å²) in [5.41, 5.74) is 1.08. The summed E-state index contributed by atoms with van der Waals surface area (Å²) >= 11 is 0. The van der Waals surface area contributed by atoms with E-state index < -0.39 is 0 Å². The Kier molecular flexibility index (Phi) is 6.16. The molecule has 2 aliphatic heterocycles.